The van der Waals surface area contributed by atoms with Crippen LogP contribution in [0.1, 0.15) is 43.4 Å². The van der Waals surface area contributed by atoms with Crippen molar-refractivity contribution in [3.8, 4) is 0 Å². The second kappa shape index (κ2) is 6.92. The van der Waals surface area contributed by atoms with Crippen molar-refractivity contribution in [1.29, 1.82) is 0 Å². The van der Waals surface area contributed by atoms with E-state index < -0.39 is 5.92 Å². The SMILES string of the molecule is CCc1c(Cl)ccc(C)c1C(COC(C)C)C(N)=O. The van der Waals surface area contributed by atoms with Crippen LogP contribution in [0.15, 0.2) is 12.1 Å². The van der Waals surface area contributed by atoms with E-state index in [1.54, 1.807) is 0 Å². The molecule has 4 heteroatoms. The van der Waals surface area contributed by atoms with Gasteiger partial charge in [0.05, 0.1) is 18.6 Å². The number of nitrogens with two attached hydrogens (primary N) is 1. The summed E-state index contributed by atoms with van der Waals surface area (Å²) < 4.78 is 5.57. The van der Waals surface area contributed by atoms with E-state index in [0.717, 1.165) is 23.1 Å². The summed E-state index contributed by atoms with van der Waals surface area (Å²) in [4.78, 5) is 11.7. The van der Waals surface area contributed by atoms with Crippen LogP contribution in [0.2, 0.25) is 5.02 Å². The van der Waals surface area contributed by atoms with Crippen molar-refractivity contribution in [3.05, 3.63) is 33.8 Å². The Labute approximate surface area is 120 Å². The van der Waals surface area contributed by atoms with E-state index in [0.29, 0.717) is 11.6 Å². The number of ether oxygens (including phenoxy) is 1. The maximum atomic E-state index is 11.7. The first-order chi connectivity index (χ1) is 8.88. The van der Waals surface area contributed by atoms with Crippen molar-refractivity contribution < 1.29 is 9.53 Å². The van der Waals surface area contributed by atoms with E-state index >= 15 is 0 Å². The molecular formula is C15H22ClNO2. The highest BCUT2D eigenvalue weighted by Gasteiger charge is 2.24. The lowest BCUT2D eigenvalue weighted by molar-refractivity contribution is -0.121. The Morgan fingerprint density at radius 2 is 2.05 bits per heavy atom. The minimum atomic E-state index is -0.448. The summed E-state index contributed by atoms with van der Waals surface area (Å²) in [5.74, 6) is -0.822. The van der Waals surface area contributed by atoms with Crippen LogP contribution in [0.4, 0.5) is 0 Å². The first kappa shape index (κ1) is 16.0. The molecule has 1 rings (SSSR count). The van der Waals surface area contributed by atoms with Gasteiger partial charge in [-0.2, -0.15) is 0 Å². The zero-order valence-electron chi connectivity index (χ0n) is 12.0. The average molecular weight is 284 g/mol. The molecule has 2 N–H and O–H groups in total. The quantitative estimate of drug-likeness (QED) is 0.871. The van der Waals surface area contributed by atoms with Crippen LogP contribution in [0, 0.1) is 6.92 Å². The van der Waals surface area contributed by atoms with Crippen molar-refractivity contribution in [1.82, 2.24) is 0 Å². The number of hydrogen-bond donors (Lipinski definition) is 1. The molecule has 0 saturated carbocycles. The van der Waals surface area contributed by atoms with E-state index in [2.05, 4.69) is 0 Å². The summed E-state index contributed by atoms with van der Waals surface area (Å²) in [6.45, 7) is 8.15. The zero-order chi connectivity index (χ0) is 14.6. The van der Waals surface area contributed by atoms with Gasteiger partial charge in [-0.1, -0.05) is 24.6 Å². The Bertz CT molecular complexity index is 458. The number of carbonyl (C=O) groups is 1. The van der Waals surface area contributed by atoms with Crippen LogP contribution in [0.25, 0.3) is 0 Å². The molecule has 0 aliphatic carbocycles. The first-order valence-electron chi connectivity index (χ1n) is 6.57. The maximum Gasteiger partial charge on any atom is 0.227 e. The standard InChI is InChI=1S/C15H22ClNO2/c1-5-11-13(16)7-6-10(4)14(11)12(15(17)18)8-19-9(2)3/h6-7,9,12H,5,8H2,1-4H3,(H2,17,18). The molecule has 1 aromatic carbocycles. The molecule has 1 atom stereocenters. The molecule has 0 heterocycles. The predicted molar refractivity (Wildman–Crippen MR) is 78.6 cm³/mol. The number of amides is 1. The third kappa shape index (κ3) is 3.95. The molecule has 1 amide bonds. The second-order valence-corrected chi connectivity index (χ2v) is 5.35. The van der Waals surface area contributed by atoms with E-state index in [9.17, 15) is 4.79 Å². The van der Waals surface area contributed by atoms with Gasteiger partial charge in [-0.15, -0.1) is 0 Å². The highest BCUT2D eigenvalue weighted by atomic mass is 35.5. The Balaban J connectivity index is 3.22. The molecule has 0 aromatic heterocycles. The zero-order valence-corrected chi connectivity index (χ0v) is 12.8. The molecule has 1 unspecified atom stereocenters. The van der Waals surface area contributed by atoms with Crippen LogP contribution in [0.5, 0.6) is 0 Å². The van der Waals surface area contributed by atoms with E-state index in [1.807, 2.05) is 39.8 Å². The van der Waals surface area contributed by atoms with E-state index in [4.69, 9.17) is 22.1 Å². The van der Waals surface area contributed by atoms with Crippen LogP contribution in [-0.2, 0) is 16.0 Å². The Morgan fingerprint density at radius 1 is 1.42 bits per heavy atom. The molecule has 0 radical (unpaired) electrons. The minimum Gasteiger partial charge on any atom is -0.378 e. The van der Waals surface area contributed by atoms with Gasteiger partial charge in [0.1, 0.15) is 0 Å². The fraction of sp³-hybridized carbons (Fsp3) is 0.533. The summed E-state index contributed by atoms with van der Waals surface area (Å²) in [5, 5.41) is 0.680. The fourth-order valence-corrected chi connectivity index (χ4v) is 2.49. The van der Waals surface area contributed by atoms with E-state index in [-0.39, 0.29) is 12.0 Å². The molecule has 0 saturated heterocycles. The average Bonchev–Trinajstić information content (AvgIpc) is 2.33. The smallest absolute Gasteiger partial charge is 0.227 e. The molecule has 19 heavy (non-hydrogen) atoms. The first-order valence-corrected chi connectivity index (χ1v) is 6.95. The third-order valence-corrected chi connectivity index (χ3v) is 3.51. The molecule has 106 valence electrons. The number of carbonyl (C=O) groups excluding carboxylic acids is 1. The van der Waals surface area contributed by atoms with Crippen LogP contribution >= 0.6 is 11.6 Å². The summed E-state index contributed by atoms with van der Waals surface area (Å²) in [6, 6.07) is 3.78. The highest BCUT2D eigenvalue weighted by molar-refractivity contribution is 6.31. The Hall–Kier alpha value is -1.06. The van der Waals surface area contributed by atoms with Crippen LogP contribution < -0.4 is 5.73 Å². The predicted octanol–water partition coefficient (Wildman–Crippen LogP) is 3.20. The summed E-state index contributed by atoms with van der Waals surface area (Å²) in [7, 11) is 0. The molecule has 0 bridgehead atoms. The third-order valence-electron chi connectivity index (χ3n) is 3.16. The molecule has 0 aliphatic rings. The normalized spacial score (nSPS) is 12.7. The Morgan fingerprint density at radius 3 is 2.53 bits per heavy atom. The summed E-state index contributed by atoms with van der Waals surface area (Å²) in [5.41, 5.74) is 8.46. The van der Waals surface area contributed by atoms with Gasteiger partial charge in [0.15, 0.2) is 0 Å². The van der Waals surface area contributed by atoms with Crippen LogP contribution in [0.3, 0.4) is 0 Å². The van der Waals surface area contributed by atoms with Gasteiger partial charge in [-0.3, -0.25) is 4.79 Å². The van der Waals surface area contributed by atoms with Gasteiger partial charge < -0.3 is 10.5 Å². The van der Waals surface area contributed by atoms with Crippen molar-refractivity contribution in [2.24, 2.45) is 5.73 Å². The van der Waals surface area contributed by atoms with Crippen molar-refractivity contribution in [2.75, 3.05) is 6.61 Å². The van der Waals surface area contributed by atoms with Gasteiger partial charge in [0.2, 0.25) is 5.91 Å². The summed E-state index contributed by atoms with van der Waals surface area (Å²) in [6.07, 6.45) is 0.827. The topological polar surface area (TPSA) is 52.3 Å². The van der Waals surface area contributed by atoms with Crippen molar-refractivity contribution >= 4 is 17.5 Å². The fourth-order valence-electron chi connectivity index (χ4n) is 2.20. The van der Waals surface area contributed by atoms with Crippen molar-refractivity contribution in [2.45, 2.75) is 46.1 Å². The van der Waals surface area contributed by atoms with E-state index in [1.165, 1.54) is 0 Å². The van der Waals surface area contributed by atoms with Gasteiger partial charge >= 0.3 is 0 Å². The lowest BCUT2D eigenvalue weighted by Gasteiger charge is -2.21. The number of benzene rings is 1. The largest absolute Gasteiger partial charge is 0.378 e. The number of aryl methyl sites for hydroxylation is 1. The molecule has 1 aromatic rings. The monoisotopic (exact) mass is 283 g/mol. The van der Waals surface area contributed by atoms with Crippen LogP contribution in [-0.4, -0.2) is 18.6 Å². The van der Waals surface area contributed by atoms with Gasteiger partial charge in [-0.25, -0.2) is 0 Å². The number of hydrogen-bond acceptors (Lipinski definition) is 2. The Kier molecular flexibility index (Phi) is 5.83. The maximum absolute atomic E-state index is 11.7. The molecule has 0 spiro atoms. The van der Waals surface area contributed by atoms with Gasteiger partial charge in [-0.05, 0) is 49.9 Å². The lowest BCUT2D eigenvalue weighted by Crippen LogP contribution is -2.28. The number of halogens is 1. The summed E-state index contributed by atoms with van der Waals surface area (Å²) >= 11 is 6.22. The second-order valence-electron chi connectivity index (χ2n) is 4.95. The molecular weight excluding hydrogens is 262 g/mol. The number of rotatable bonds is 6. The van der Waals surface area contributed by atoms with Crippen molar-refractivity contribution in [3.63, 3.8) is 0 Å². The molecule has 3 nitrogen and oxygen atoms in total. The minimum absolute atomic E-state index is 0.0615. The number of primary amides is 1. The molecule has 0 aliphatic heterocycles. The highest BCUT2D eigenvalue weighted by Crippen LogP contribution is 2.30. The van der Waals surface area contributed by atoms with Gasteiger partial charge in [0, 0.05) is 5.02 Å². The lowest BCUT2D eigenvalue weighted by atomic mass is 9.89. The molecule has 0 fully saturated rings. The van der Waals surface area contributed by atoms with Gasteiger partial charge in [0.25, 0.3) is 0 Å².